The minimum atomic E-state index is -0.846. The van der Waals surface area contributed by atoms with Gasteiger partial charge in [-0.2, -0.15) is 0 Å². The molecule has 1 rings (SSSR count). The predicted octanol–water partition coefficient (Wildman–Crippen LogP) is 1.26. The largest absolute Gasteiger partial charge is 0.347 e. The molecule has 1 saturated heterocycles. The first-order valence-electron chi connectivity index (χ1n) is 12.0. The summed E-state index contributed by atoms with van der Waals surface area (Å²) in [4.78, 5) is 63.4. The summed E-state index contributed by atoms with van der Waals surface area (Å²) in [7, 11) is 0. The molecule has 33 heavy (non-hydrogen) atoms. The van der Waals surface area contributed by atoms with Crippen molar-refractivity contribution in [1.82, 2.24) is 20.9 Å². The Bertz CT molecular complexity index is 720. The number of nitrogens with zero attached hydrogens (tertiary/aromatic N) is 1. The molecule has 0 aromatic heterocycles. The van der Waals surface area contributed by atoms with E-state index in [0.29, 0.717) is 18.9 Å². The zero-order valence-corrected chi connectivity index (χ0v) is 21.2. The summed E-state index contributed by atoms with van der Waals surface area (Å²) < 4.78 is 0. The van der Waals surface area contributed by atoms with Crippen molar-refractivity contribution in [3.05, 3.63) is 0 Å². The minimum Gasteiger partial charge on any atom is -0.347 e. The highest BCUT2D eigenvalue weighted by Gasteiger charge is 2.38. The van der Waals surface area contributed by atoms with Gasteiger partial charge >= 0.3 is 0 Å². The van der Waals surface area contributed by atoms with E-state index in [2.05, 4.69) is 29.8 Å². The first kappa shape index (κ1) is 28.6. The van der Waals surface area contributed by atoms with E-state index >= 15 is 0 Å². The number of amides is 4. The number of ketones is 1. The van der Waals surface area contributed by atoms with Gasteiger partial charge in [0.15, 0.2) is 5.78 Å². The molecule has 9 heteroatoms. The summed E-state index contributed by atoms with van der Waals surface area (Å²) in [6.45, 7) is 13.4. The molecule has 0 aromatic carbocycles. The van der Waals surface area contributed by atoms with Gasteiger partial charge in [-0.1, -0.05) is 41.5 Å². The molecule has 0 bridgehead atoms. The van der Waals surface area contributed by atoms with Gasteiger partial charge in [-0.15, -0.1) is 0 Å². The maximum absolute atomic E-state index is 13.1. The van der Waals surface area contributed by atoms with Crippen molar-refractivity contribution < 1.29 is 24.0 Å². The van der Waals surface area contributed by atoms with Crippen LogP contribution in [0, 0.1) is 23.7 Å². The molecule has 188 valence electrons. The topological polar surface area (TPSA) is 125 Å². The fraction of sp³-hybridized carbons (Fsp3) is 0.792. The van der Waals surface area contributed by atoms with Gasteiger partial charge in [-0.25, -0.2) is 0 Å². The third kappa shape index (κ3) is 9.14. The molecular formula is C24H42N4O5. The molecule has 0 spiro atoms. The lowest BCUT2D eigenvalue weighted by atomic mass is 9.86. The Labute approximate surface area is 197 Å². The lowest BCUT2D eigenvalue weighted by Crippen LogP contribution is -2.52. The van der Waals surface area contributed by atoms with Crippen LogP contribution >= 0.6 is 0 Å². The van der Waals surface area contributed by atoms with Crippen LogP contribution < -0.4 is 16.0 Å². The average Bonchev–Trinajstić information content (AvgIpc) is 3.22. The molecule has 1 aliphatic rings. The van der Waals surface area contributed by atoms with Gasteiger partial charge in [0.05, 0.1) is 13.1 Å². The normalized spacial score (nSPS) is 17.8. The maximum atomic E-state index is 13.1. The van der Waals surface area contributed by atoms with Crippen molar-refractivity contribution in [2.45, 2.75) is 79.8 Å². The lowest BCUT2D eigenvalue weighted by Gasteiger charge is -2.31. The number of rotatable bonds is 12. The van der Waals surface area contributed by atoms with Crippen molar-refractivity contribution in [3.63, 3.8) is 0 Å². The number of carbonyl (C=O) groups is 5. The molecule has 3 atom stereocenters. The zero-order valence-electron chi connectivity index (χ0n) is 21.2. The Kier molecular flexibility index (Phi) is 11.5. The Morgan fingerprint density at radius 3 is 2.09 bits per heavy atom. The van der Waals surface area contributed by atoms with E-state index in [0.717, 1.165) is 12.8 Å². The van der Waals surface area contributed by atoms with Gasteiger partial charge in [0.1, 0.15) is 12.1 Å². The van der Waals surface area contributed by atoms with Crippen LogP contribution in [-0.2, 0) is 24.0 Å². The van der Waals surface area contributed by atoms with E-state index in [1.54, 1.807) is 18.7 Å². The molecule has 0 aliphatic carbocycles. The fourth-order valence-electron chi connectivity index (χ4n) is 3.86. The first-order valence-corrected chi connectivity index (χ1v) is 12.0. The highest BCUT2D eigenvalue weighted by molar-refractivity contribution is 5.94. The molecule has 1 aliphatic heterocycles. The molecule has 9 nitrogen and oxygen atoms in total. The van der Waals surface area contributed by atoms with Gasteiger partial charge in [0, 0.05) is 18.4 Å². The summed E-state index contributed by atoms with van der Waals surface area (Å²) in [5.41, 5.74) is 0. The molecule has 4 amide bonds. The number of carbonyl (C=O) groups excluding carboxylic acids is 5. The van der Waals surface area contributed by atoms with Crippen molar-refractivity contribution >= 4 is 29.4 Å². The molecule has 1 heterocycles. The van der Waals surface area contributed by atoms with E-state index in [-0.39, 0.29) is 48.4 Å². The summed E-state index contributed by atoms with van der Waals surface area (Å²) >= 11 is 0. The van der Waals surface area contributed by atoms with Gasteiger partial charge in [0.2, 0.25) is 23.6 Å². The SMILES string of the molecule is CC(C)C[C@H](C(=O)N1CCC[C@H]1C(=O)NCC(=O)N[C@@H](C)C(=O)NCC(=O)C(C)C)C(C)C. The number of hydrogen-bond donors (Lipinski definition) is 3. The van der Waals surface area contributed by atoms with Crippen LogP contribution in [0.15, 0.2) is 0 Å². The molecule has 0 unspecified atom stereocenters. The Morgan fingerprint density at radius 1 is 0.909 bits per heavy atom. The molecular weight excluding hydrogens is 424 g/mol. The standard InChI is InChI=1S/C24H42N4O5/c1-14(2)11-18(15(3)4)24(33)28-10-8-9-19(28)23(32)26-13-21(30)27-17(7)22(31)25-12-20(29)16(5)6/h14-19H,8-13H2,1-7H3,(H,25,31)(H,26,32)(H,27,30)/t17-,18-,19-/m0/s1. The highest BCUT2D eigenvalue weighted by Crippen LogP contribution is 2.27. The second-order valence-electron chi connectivity index (χ2n) is 10.0. The van der Waals surface area contributed by atoms with Crippen molar-refractivity contribution in [3.8, 4) is 0 Å². The second-order valence-corrected chi connectivity index (χ2v) is 10.0. The summed E-state index contributed by atoms with van der Waals surface area (Å²) in [5.74, 6) is -1.21. The number of likely N-dealkylation sites (tertiary alicyclic amines) is 1. The van der Waals surface area contributed by atoms with E-state index in [4.69, 9.17) is 0 Å². The quantitative estimate of drug-likeness (QED) is 0.399. The summed E-state index contributed by atoms with van der Waals surface area (Å²) in [6, 6.07) is -1.43. The van der Waals surface area contributed by atoms with Crippen LogP contribution in [0.2, 0.25) is 0 Å². The first-order chi connectivity index (χ1) is 15.3. The monoisotopic (exact) mass is 466 g/mol. The average molecular weight is 467 g/mol. The minimum absolute atomic E-state index is 0.00189. The van der Waals surface area contributed by atoms with Gasteiger partial charge in [0.25, 0.3) is 0 Å². The Morgan fingerprint density at radius 2 is 1.55 bits per heavy atom. The predicted molar refractivity (Wildman–Crippen MR) is 126 cm³/mol. The van der Waals surface area contributed by atoms with Crippen LogP contribution in [0.4, 0.5) is 0 Å². The number of nitrogens with one attached hydrogen (secondary N) is 3. The van der Waals surface area contributed by atoms with Crippen LogP contribution in [0.1, 0.15) is 67.7 Å². The zero-order chi connectivity index (χ0) is 25.3. The maximum Gasteiger partial charge on any atom is 0.243 e. The number of hydrogen-bond acceptors (Lipinski definition) is 5. The molecule has 0 saturated carbocycles. The Balaban J connectivity index is 2.57. The lowest BCUT2D eigenvalue weighted by molar-refractivity contribution is -0.143. The molecule has 0 radical (unpaired) electrons. The van der Waals surface area contributed by atoms with Crippen molar-refractivity contribution in [1.29, 1.82) is 0 Å². The van der Waals surface area contributed by atoms with Gasteiger partial charge in [-0.3, -0.25) is 24.0 Å². The number of Topliss-reactive ketones (excluding diaryl/α,β-unsaturated/α-hetero) is 1. The van der Waals surface area contributed by atoms with Crippen LogP contribution in [0.5, 0.6) is 0 Å². The molecule has 3 N–H and O–H groups in total. The van der Waals surface area contributed by atoms with Crippen LogP contribution in [0.25, 0.3) is 0 Å². The van der Waals surface area contributed by atoms with Crippen molar-refractivity contribution in [2.75, 3.05) is 19.6 Å². The van der Waals surface area contributed by atoms with E-state index < -0.39 is 23.9 Å². The Hall–Kier alpha value is -2.45. The summed E-state index contributed by atoms with van der Waals surface area (Å²) in [6.07, 6.45) is 2.08. The summed E-state index contributed by atoms with van der Waals surface area (Å²) in [5, 5.41) is 7.60. The van der Waals surface area contributed by atoms with E-state index in [1.165, 1.54) is 6.92 Å². The van der Waals surface area contributed by atoms with Crippen molar-refractivity contribution in [2.24, 2.45) is 23.7 Å². The second kappa shape index (κ2) is 13.3. The van der Waals surface area contributed by atoms with E-state index in [9.17, 15) is 24.0 Å². The van der Waals surface area contributed by atoms with E-state index in [1.807, 2.05) is 13.8 Å². The van der Waals surface area contributed by atoms with Crippen LogP contribution in [0.3, 0.4) is 0 Å². The fourth-order valence-corrected chi connectivity index (χ4v) is 3.86. The third-order valence-electron chi connectivity index (χ3n) is 5.96. The smallest absolute Gasteiger partial charge is 0.243 e. The molecule has 1 fully saturated rings. The third-order valence-corrected chi connectivity index (χ3v) is 5.96. The van der Waals surface area contributed by atoms with Gasteiger partial charge in [-0.05, 0) is 38.0 Å². The molecule has 0 aromatic rings. The van der Waals surface area contributed by atoms with Gasteiger partial charge < -0.3 is 20.9 Å². The van der Waals surface area contributed by atoms with Crippen LogP contribution in [-0.4, -0.2) is 66.0 Å². The highest BCUT2D eigenvalue weighted by atomic mass is 16.2.